The molecule has 2 heterocycles. The van der Waals surface area contributed by atoms with E-state index in [0.717, 1.165) is 29.4 Å². The van der Waals surface area contributed by atoms with Crippen molar-refractivity contribution >= 4 is 17.0 Å². The van der Waals surface area contributed by atoms with Crippen LogP contribution in [-0.4, -0.2) is 20.6 Å². The van der Waals surface area contributed by atoms with E-state index in [1.807, 2.05) is 12.1 Å². The molecule has 0 spiro atoms. The van der Waals surface area contributed by atoms with Crippen molar-refractivity contribution in [2.24, 2.45) is 7.05 Å². The Kier molecular flexibility index (Phi) is 2.18. The maximum atomic E-state index is 11.4. The topological polar surface area (TPSA) is 55.1 Å². The third kappa shape index (κ3) is 1.37. The lowest BCUT2D eigenvalue weighted by molar-refractivity contribution is 0.0684. The minimum atomic E-state index is -0.854. The van der Waals surface area contributed by atoms with Crippen LogP contribution in [0.2, 0.25) is 0 Å². The number of nitrogens with zero attached hydrogens (tertiary/aromatic N) is 2. The van der Waals surface area contributed by atoms with Gasteiger partial charge in [0.1, 0.15) is 5.69 Å². The second-order valence-corrected chi connectivity index (χ2v) is 4.63. The fourth-order valence-electron chi connectivity index (χ4n) is 2.63. The number of carbonyl (C=O) groups is 1. The van der Waals surface area contributed by atoms with Gasteiger partial charge in [-0.05, 0) is 30.9 Å². The highest BCUT2D eigenvalue weighted by molar-refractivity contribution is 5.97. The molecular weight excluding hydrogens is 216 g/mol. The van der Waals surface area contributed by atoms with Crippen LogP contribution in [0.5, 0.6) is 0 Å². The summed E-state index contributed by atoms with van der Waals surface area (Å²) < 4.78 is 1.75. The van der Waals surface area contributed by atoms with Crippen LogP contribution in [0.3, 0.4) is 0 Å². The lowest BCUT2D eigenvalue weighted by atomic mass is 9.79. The SMILES string of the molecule is Cn1c(C(=O)O)c(C2CCC2)c2ncccc21. The van der Waals surface area contributed by atoms with Gasteiger partial charge in [0.2, 0.25) is 0 Å². The average Bonchev–Trinajstić information content (AvgIpc) is 2.51. The van der Waals surface area contributed by atoms with Gasteiger partial charge in [0.25, 0.3) is 0 Å². The molecule has 1 fully saturated rings. The average molecular weight is 230 g/mol. The Morgan fingerprint density at radius 1 is 1.53 bits per heavy atom. The monoisotopic (exact) mass is 230 g/mol. The minimum Gasteiger partial charge on any atom is -0.477 e. The molecule has 1 N–H and O–H groups in total. The maximum Gasteiger partial charge on any atom is 0.352 e. The first kappa shape index (κ1) is 10.3. The van der Waals surface area contributed by atoms with Crippen LogP contribution in [0, 0.1) is 0 Å². The first-order valence-corrected chi connectivity index (χ1v) is 5.86. The molecule has 0 atom stereocenters. The summed E-state index contributed by atoms with van der Waals surface area (Å²) >= 11 is 0. The van der Waals surface area contributed by atoms with Crippen LogP contribution in [0.1, 0.15) is 41.2 Å². The number of aryl methyl sites for hydroxylation is 1. The van der Waals surface area contributed by atoms with E-state index >= 15 is 0 Å². The molecule has 88 valence electrons. The molecule has 3 rings (SSSR count). The molecule has 0 saturated heterocycles. The molecule has 0 aromatic carbocycles. The molecular formula is C13H14N2O2. The molecule has 0 amide bonds. The van der Waals surface area contributed by atoms with Gasteiger partial charge < -0.3 is 9.67 Å². The van der Waals surface area contributed by atoms with Crippen LogP contribution in [0.25, 0.3) is 11.0 Å². The molecule has 2 aromatic heterocycles. The van der Waals surface area contributed by atoms with Crippen LogP contribution in [0.4, 0.5) is 0 Å². The number of fused-ring (bicyclic) bond motifs is 1. The van der Waals surface area contributed by atoms with Crippen molar-refractivity contribution < 1.29 is 9.90 Å². The Bertz CT molecular complexity index is 597. The van der Waals surface area contributed by atoms with Gasteiger partial charge in [-0.3, -0.25) is 4.98 Å². The normalized spacial score (nSPS) is 16.1. The summed E-state index contributed by atoms with van der Waals surface area (Å²) in [6.07, 6.45) is 5.08. The Hall–Kier alpha value is -1.84. The highest BCUT2D eigenvalue weighted by Crippen LogP contribution is 2.41. The molecule has 1 aliphatic carbocycles. The van der Waals surface area contributed by atoms with Crippen LogP contribution >= 0.6 is 0 Å². The smallest absolute Gasteiger partial charge is 0.352 e. The zero-order chi connectivity index (χ0) is 12.0. The molecule has 0 unspecified atom stereocenters. The van der Waals surface area contributed by atoms with Gasteiger partial charge in [-0.15, -0.1) is 0 Å². The minimum absolute atomic E-state index is 0.375. The van der Waals surface area contributed by atoms with Crippen molar-refractivity contribution in [1.29, 1.82) is 0 Å². The summed E-state index contributed by atoms with van der Waals surface area (Å²) in [7, 11) is 1.80. The molecule has 4 nitrogen and oxygen atoms in total. The van der Waals surface area contributed by atoms with Gasteiger partial charge in [-0.1, -0.05) is 6.42 Å². The predicted octanol–water partition coefficient (Wildman–Crippen LogP) is 2.54. The zero-order valence-corrected chi connectivity index (χ0v) is 9.68. The van der Waals surface area contributed by atoms with Crippen molar-refractivity contribution in [2.75, 3.05) is 0 Å². The summed E-state index contributed by atoms with van der Waals surface area (Å²) in [6, 6.07) is 3.77. The Labute approximate surface area is 98.9 Å². The third-order valence-corrected chi connectivity index (χ3v) is 3.71. The van der Waals surface area contributed by atoms with E-state index in [-0.39, 0.29) is 0 Å². The molecule has 2 aromatic rings. The zero-order valence-electron chi connectivity index (χ0n) is 9.68. The number of aromatic carboxylic acids is 1. The fourth-order valence-corrected chi connectivity index (χ4v) is 2.63. The van der Waals surface area contributed by atoms with Gasteiger partial charge in [-0.25, -0.2) is 4.79 Å². The van der Waals surface area contributed by atoms with Crippen molar-refractivity contribution in [1.82, 2.24) is 9.55 Å². The third-order valence-electron chi connectivity index (χ3n) is 3.71. The van der Waals surface area contributed by atoms with E-state index in [2.05, 4.69) is 4.98 Å². The van der Waals surface area contributed by atoms with E-state index < -0.39 is 5.97 Å². The van der Waals surface area contributed by atoms with Crippen molar-refractivity contribution in [3.63, 3.8) is 0 Å². The van der Waals surface area contributed by atoms with E-state index in [1.165, 1.54) is 6.42 Å². The van der Waals surface area contributed by atoms with Gasteiger partial charge in [0, 0.05) is 18.8 Å². The lowest BCUT2D eigenvalue weighted by Gasteiger charge is -2.25. The van der Waals surface area contributed by atoms with Gasteiger partial charge in [0.05, 0.1) is 11.0 Å². The van der Waals surface area contributed by atoms with Crippen molar-refractivity contribution in [2.45, 2.75) is 25.2 Å². The number of rotatable bonds is 2. The van der Waals surface area contributed by atoms with E-state index in [1.54, 1.807) is 17.8 Å². The van der Waals surface area contributed by atoms with Gasteiger partial charge in [0.15, 0.2) is 0 Å². The summed E-state index contributed by atoms with van der Waals surface area (Å²) in [5.74, 6) is -0.480. The van der Waals surface area contributed by atoms with E-state index in [0.29, 0.717) is 11.6 Å². The molecule has 0 bridgehead atoms. The largest absolute Gasteiger partial charge is 0.477 e. The number of hydrogen-bond donors (Lipinski definition) is 1. The quantitative estimate of drug-likeness (QED) is 0.862. The molecule has 0 aliphatic heterocycles. The van der Waals surface area contributed by atoms with E-state index in [4.69, 9.17) is 0 Å². The van der Waals surface area contributed by atoms with E-state index in [9.17, 15) is 9.90 Å². The number of pyridine rings is 1. The summed E-state index contributed by atoms with van der Waals surface area (Å²) in [5, 5.41) is 9.37. The number of carboxylic acids is 1. The van der Waals surface area contributed by atoms with Crippen molar-refractivity contribution in [3.05, 3.63) is 29.6 Å². The number of hydrogen-bond acceptors (Lipinski definition) is 2. The molecule has 1 saturated carbocycles. The Morgan fingerprint density at radius 2 is 2.29 bits per heavy atom. The molecule has 4 heteroatoms. The highest BCUT2D eigenvalue weighted by Gasteiger charge is 2.30. The first-order valence-electron chi connectivity index (χ1n) is 5.86. The summed E-state index contributed by atoms with van der Waals surface area (Å²) in [4.78, 5) is 15.8. The highest BCUT2D eigenvalue weighted by atomic mass is 16.4. The molecule has 0 radical (unpaired) electrons. The predicted molar refractivity (Wildman–Crippen MR) is 64.3 cm³/mol. The van der Waals surface area contributed by atoms with Gasteiger partial charge >= 0.3 is 5.97 Å². The van der Waals surface area contributed by atoms with Crippen LogP contribution in [-0.2, 0) is 7.05 Å². The van der Waals surface area contributed by atoms with Crippen LogP contribution in [0.15, 0.2) is 18.3 Å². The summed E-state index contributed by atoms with van der Waals surface area (Å²) in [5.41, 5.74) is 3.11. The second-order valence-electron chi connectivity index (χ2n) is 4.63. The van der Waals surface area contributed by atoms with Gasteiger partial charge in [-0.2, -0.15) is 0 Å². The second kappa shape index (κ2) is 3.58. The van der Waals surface area contributed by atoms with Crippen LogP contribution < -0.4 is 0 Å². The number of carboxylic acid groups (broad SMARTS) is 1. The fraction of sp³-hybridized carbons (Fsp3) is 0.385. The molecule has 17 heavy (non-hydrogen) atoms. The Morgan fingerprint density at radius 3 is 2.88 bits per heavy atom. The Balaban J connectivity index is 2.35. The number of aromatic nitrogens is 2. The lowest BCUT2D eigenvalue weighted by Crippen LogP contribution is -2.14. The first-order chi connectivity index (χ1) is 8.20. The molecule has 1 aliphatic rings. The van der Waals surface area contributed by atoms with Crippen molar-refractivity contribution in [3.8, 4) is 0 Å². The summed E-state index contributed by atoms with van der Waals surface area (Å²) in [6.45, 7) is 0. The standard InChI is InChI=1S/C13H14N2O2/c1-15-9-6-3-7-14-11(9)10(8-4-2-5-8)12(15)13(16)17/h3,6-8H,2,4-5H2,1H3,(H,16,17). The maximum absolute atomic E-state index is 11.4.